The van der Waals surface area contributed by atoms with Crippen molar-refractivity contribution in [2.75, 3.05) is 27.4 Å². The Kier molecular flexibility index (Phi) is 11.6. The zero-order valence-electron chi connectivity index (χ0n) is 37.1. The standard InChI is InChI=1S/C52H68O4/c1-49(2,3)41-25-33-21-37-29-43(51(7,8)9)31-39-23-35-27-42(50(4,5)6)28-36(46(35)54-14)24-40-32-44(52(10,11)12)30-38(22-34(26-41)45(33)53-13)48(40)56-20-18-16-15-17-19-55-47(37)39/h15-16,25-32H,17-24H2,1-14H3/b16-15-. The average molecular weight is 757 g/mol. The van der Waals surface area contributed by atoms with Gasteiger partial charge < -0.3 is 18.9 Å². The summed E-state index contributed by atoms with van der Waals surface area (Å²) in [7, 11) is 3.67. The summed E-state index contributed by atoms with van der Waals surface area (Å²) >= 11 is 0. The molecule has 2 aliphatic heterocycles. The van der Waals surface area contributed by atoms with Crippen LogP contribution in [0.25, 0.3) is 0 Å². The number of hydrogen-bond donors (Lipinski definition) is 0. The normalized spacial score (nSPS) is 15.9. The molecule has 0 aromatic heterocycles. The third kappa shape index (κ3) is 9.01. The lowest BCUT2D eigenvalue weighted by molar-refractivity contribution is 0.315. The van der Waals surface area contributed by atoms with Gasteiger partial charge in [0.25, 0.3) is 0 Å². The second kappa shape index (κ2) is 15.6. The summed E-state index contributed by atoms with van der Waals surface area (Å²) in [6.45, 7) is 28.9. The van der Waals surface area contributed by atoms with Gasteiger partial charge in [-0.05, 0) is 101 Å². The molecule has 0 radical (unpaired) electrons. The molecule has 0 saturated carbocycles. The van der Waals surface area contributed by atoms with Crippen LogP contribution in [0, 0.1) is 0 Å². The summed E-state index contributed by atoms with van der Waals surface area (Å²) in [5, 5.41) is 0. The Morgan fingerprint density at radius 3 is 0.821 bits per heavy atom. The van der Waals surface area contributed by atoms with E-state index >= 15 is 0 Å². The Hall–Kier alpha value is -4.18. The van der Waals surface area contributed by atoms with E-state index < -0.39 is 0 Å². The highest BCUT2D eigenvalue weighted by atomic mass is 16.5. The van der Waals surface area contributed by atoms with Crippen molar-refractivity contribution in [1.29, 1.82) is 0 Å². The fourth-order valence-electron chi connectivity index (χ4n) is 8.21. The average Bonchev–Trinajstić information content (AvgIpc) is 3.08. The summed E-state index contributed by atoms with van der Waals surface area (Å²) in [5.41, 5.74) is 14.4. The van der Waals surface area contributed by atoms with Gasteiger partial charge in [0.2, 0.25) is 0 Å². The number of hydrogen-bond acceptors (Lipinski definition) is 4. The van der Waals surface area contributed by atoms with Crippen LogP contribution in [0.3, 0.4) is 0 Å². The summed E-state index contributed by atoms with van der Waals surface area (Å²) in [6, 6.07) is 19.1. The molecule has 0 N–H and O–H groups in total. The van der Waals surface area contributed by atoms with Gasteiger partial charge in [-0.25, -0.2) is 0 Å². The highest BCUT2D eigenvalue weighted by molar-refractivity contribution is 5.60. The van der Waals surface area contributed by atoms with E-state index in [-0.39, 0.29) is 21.7 Å². The molecule has 10 bridgehead atoms. The molecule has 56 heavy (non-hydrogen) atoms. The van der Waals surface area contributed by atoms with Gasteiger partial charge in [-0.15, -0.1) is 0 Å². The maximum atomic E-state index is 6.98. The Bertz CT molecular complexity index is 1860. The minimum Gasteiger partial charge on any atom is -0.496 e. The van der Waals surface area contributed by atoms with Crippen LogP contribution in [-0.4, -0.2) is 27.4 Å². The molecule has 1 aliphatic carbocycles. The van der Waals surface area contributed by atoms with Gasteiger partial charge in [0, 0.05) is 25.7 Å². The van der Waals surface area contributed by atoms with E-state index in [1.807, 2.05) is 14.2 Å². The maximum absolute atomic E-state index is 6.98. The Labute approximate surface area is 339 Å². The highest BCUT2D eigenvalue weighted by Gasteiger charge is 2.29. The van der Waals surface area contributed by atoms with Crippen LogP contribution in [0.15, 0.2) is 60.7 Å². The topological polar surface area (TPSA) is 36.9 Å². The summed E-state index contributed by atoms with van der Waals surface area (Å²) in [5.74, 6) is 3.84. The zero-order valence-corrected chi connectivity index (χ0v) is 37.1. The van der Waals surface area contributed by atoms with E-state index in [1.54, 1.807) is 0 Å². The van der Waals surface area contributed by atoms with E-state index in [4.69, 9.17) is 18.9 Å². The minimum absolute atomic E-state index is 0.0689. The highest BCUT2D eigenvalue weighted by Crippen LogP contribution is 2.44. The molecule has 4 aromatic rings. The lowest BCUT2D eigenvalue weighted by Crippen LogP contribution is -2.17. The Morgan fingerprint density at radius 2 is 0.607 bits per heavy atom. The molecule has 7 rings (SSSR count). The molecular formula is C52H68O4. The molecule has 2 heterocycles. The molecule has 0 atom stereocenters. The van der Waals surface area contributed by atoms with Gasteiger partial charge >= 0.3 is 0 Å². The van der Waals surface area contributed by atoms with Gasteiger partial charge in [0.15, 0.2) is 0 Å². The van der Waals surface area contributed by atoms with E-state index in [0.29, 0.717) is 38.9 Å². The number of ether oxygens (including phenoxy) is 4. The van der Waals surface area contributed by atoms with Crippen molar-refractivity contribution in [3.63, 3.8) is 0 Å². The lowest BCUT2D eigenvalue weighted by Gasteiger charge is -2.29. The number of benzene rings is 4. The first-order valence-corrected chi connectivity index (χ1v) is 20.8. The van der Waals surface area contributed by atoms with E-state index in [9.17, 15) is 0 Å². The zero-order chi connectivity index (χ0) is 40.8. The van der Waals surface area contributed by atoms with Gasteiger partial charge in [0.1, 0.15) is 23.0 Å². The summed E-state index contributed by atoms with van der Waals surface area (Å²) in [6.07, 6.45) is 8.86. The predicted octanol–water partition coefficient (Wildman–Crippen LogP) is 12.7. The second-order valence-electron chi connectivity index (χ2n) is 20.4. The van der Waals surface area contributed by atoms with E-state index in [1.165, 1.54) is 66.8 Å². The van der Waals surface area contributed by atoms with Crippen LogP contribution in [0.2, 0.25) is 0 Å². The Morgan fingerprint density at radius 1 is 0.375 bits per heavy atom. The number of fused-ring (bicyclic) bond motifs is 6. The maximum Gasteiger partial charge on any atom is 0.126 e. The summed E-state index contributed by atoms with van der Waals surface area (Å²) in [4.78, 5) is 0. The molecule has 0 spiro atoms. The van der Waals surface area contributed by atoms with Crippen LogP contribution in [0.1, 0.15) is 163 Å². The van der Waals surface area contributed by atoms with Crippen LogP contribution < -0.4 is 18.9 Å². The SMILES string of the molecule is COc1c2cc(C(C)(C)C)cc1Cc1cc(C(C)(C)C)cc3c1OCC/C=C\CCOc1c(cc(C(C)(C)C)cc1Cc1cc(C(C)(C)C)cc(c1OC)C3)C2. The third-order valence-corrected chi connectivity index (χ3v) is 11.6. The quantitative estimate of drug-likeness (QED) is 0.168. The van der Waals surface area contributed by atoms with Crippen molar-refractivity contribution in [2.45, 2.75) is 143 Å². The van der Waals surface area contributed by atoms with Crippen molar-refractivity contribution in [3.05, 3.63) is 127 Å². The van der Waals surface area contributed by atoms with Crippen LogP contribution in [-0.2, 0) is 47.3 Å². The van der Waals surface area contributed by atoms with Crippen LogP contribution in [0.4, 0.5) is 0 Å². The van der Waals surface area contributed by atoms with Gasteiger partial charge in [-0.3, -0.25) is 0 Å². The van der Waals surface area contributed by atoms with Crippen molar-refractivity contribution < 1.29 is 18.9 Å². The van der Waals surface area contributed by atoms with Gasteiger partial charge in [0.05, 0.1) is 27.4 Å². The van der Waals surface area contributed by atoms with Gasteiger partial charge in [-0.1, -0.05) is 144 Å². The van der Waals surface area contributed by atoms with Gasteiger partial charge in [-0.2, -0.15) is 0 Å². The van der Waals surface area contributed by atoms with E-state index in [0.717, 1.165) is 35.8 Å². The fraction of sp³-hybridized carbons (Fsp3) is 0.500. The van der Waals surface area contributed by atoms with Crippen molar-refractivity contribution >= 4 is 0 Å². The smallest absolute Gasteiger partial charge is 0.126 e. The van der Waals surface area contributed by atoms with Crippen molar-refractivity contribution in [2.24, 2.45) is 0 Å². The first-order chi connectivity index (χ1) is 26.2. The number of rotatable bonds is 2. The molecule has 0 amide bonds. The number of methoxy groups -OCH3 is 2. The molecule has 0 saturated heterocycles. The largest absolute Gasteiger partial charge is 0.496 e. The first kappa shape index (κ1) is 41.5. The van der Waals surface area contributed by atoms with Crippen LogP contribution >= 0.6 is 0 Å². The fourth-order valence-corrected chi connectivity index (χ4v) is 8.21. The molecule has 300 valence electrons. The third-order valence-electron chi connectivity index (χ3n) is 11.6. The molecule has 0 unspecified atom stereocenters. The summed E-state index contributed by atoms with van der Waals surface area (Å²) < 4.78 is 26.9. The molecule has 0 fully saturated rings. The van der Waals surface area contributed by atoms with Crippen molar-refractivity contribution in [1.82, 2.24) is 0 Å². The minimum atomic E-state index is -0.0737. The molecule has 4 aromatic carbocycles. The molecular weight excluding hydrogens is 689 g/mol. The molecule has 4 heteroatoms. The van der Waals surface area contributed by atoms with E-state index in [2.05, 4.69) is 144 Å². The first-order valence-electron chi connectivity index (χ1n) is 20.8. The molecule has 3 aliphatic rings. The second-order valence-corrected chi connectivity index (χ2v) is 20.4. The van der Waals surface area contributed by atoms with Crippen LogP contribution in [0.5, 0.6) is 23.0 Å². The lowest BCUT2D eigenvalue weighted by atomic mass is 9.79. The molecule has 4 nitrogen and oxygen atoms in total. The van der Waals surface area contributed by atoms with Crippen molar-refractivity contribution in [3.8, 4) is 23.0 Å². The Balaban J connectivity index is 1.80. The monoisotopic (exact) mass is 757 g/mol. The predicted molar refractivity (Wildman–Crippen MR) is 234 cm³/mol.